The summed E-state index contributed by atoms with van der Waals surface area (Å²) in [5.74, 6) is -1.07. The number of thiophene rings is 1. The number of carboxylic acids is 1. The lowest BCUT2D eigenvalue weighted by Gasteiger charge is -2.35. The van der Waals surface area contributed by atoms with Crippen LogP contribution >= 0.6 is 22.9 Å². The summed E-state index contributed by atoms with van der Waals surface area (Å²) in [7, 11) is 0. The highest BCUT2D eigenvalue weighted by Crippen LogP contribution is 2.21. The van der Waals surface area contributed by atoms with Crippen molar-refractivity contribution in [1.29, 1.82) is 0 Å². The van der Waals surface area contributed by atoms with E-state index in [0.29, 0.717) is 24.4 Å². The van der Waals surface area contributed by atoms with Crippen molar-refractivity contribution in [3.8, 4) is 0 Å². The highest BCUT2D eigenvalue weighted by atomic mass is 35.5. The van der Waals surface area contributed by atoms with Gasteiger partial charge in [-0.2, -0.15) is 0 Å². The molecule has 0 spiro atoms. The quantitative estimate of drug-likeness (QED) is 0.922. The number of hydrogen-bond donors (Lipinski definition) is 1. The number of ether oxygens (including phenoxy) is 1. The zero-order valence-corrected chi connectivity index (χ0v) is 12.6. The van der Waals surface area contributed by atoms with Gasteiger partial charge in [-0.15, -0.1) is 11.3 Å². The molecule has 0 aromatic carbocycles. The standard InChI is InChI=1S/C13H16ClNO4S/c1-8-5-15(6-11(19-8)13(17)18)12(16)3-2-10-4-9(14)7-20-10/h4,7-8,11H,2-3,5-6H2,1H3,(H,17,18)/t8-,11?/m1/s1. The van der Waals surface area contributed by atoms with Gasteiger partial charge >= 0.3 is 5.97 Å². The minimum atomic E-state index is -1.03. The number of hydrogen-bond acceptors (Lipinski definition) is 4. The van der Waals surface area contributed by atoms with Crippen molar-refractivity contribution < 1.29 is 19.4 Å². The molecule has 0 saturated carbocycles. The minimum absolute atomic E-state index is 0.0454. The van der Waals surface area contributed by atoms with Gasteiger partial charge in [0.2, 0.25) is 5.91 Å². The van der Waals surface area contributed by atoms with Crippen LogP contribution in [0.15, 0.2) is 11.4 Å². The second-order valence-electron chi connectivity index (χ2n) is 4.80. The first-order chi connectivity index (χ1) is 9.45. The first kappa shape index (κ1) is 15.3. The Bertz CT molecular complexity index is 504. The fraction of sp³-hybridized carbons (Fsp3) is 0.538. The minimum Gasteiger partial charge on any atom is -0.479 e. The number of nitrogens with zero attached hydrogens (tertiary/aromatic N) is 1. The molecule has 5 nitrogen and oxygen atoms in total. The zero-order chi connectivity index (χ0) is 14.7. The Hall–Kier alpha value is -1.11. The van der Waals surface area contributed by atoms with Crippen molar-refractivity contribution in [2.75, 3.05) is 13.1 Å². The smallest absolute Gasteiger partial charge is 0.334 e. The van der Waals surface area contributed by atoms with Crippen molar-refractivity contribution in [3.05, 3.63) is 21.3 Å². The summed E-state index contributed by atoms with van der Waals surface area (Å²) in [4.78, 5) is 25.7. The van der Waals surface area contributed by atoms with Gasteiger partial charge in [0.25, 0.3) is 0 Å². The largest absolute Gasteiger partial charge is 0.479 e. The zero-order valence-electron chi connectivity index (χ0n) is 11.0. The number of aryl methyl sites for hydroxylation is 1. The van der Waals surface area contributed by atoms with Crippen LogP contribution in [0, 0.1) is 0 Å². The molecule has 2 heterocycles. The van der Waals surface area contributed by atoms with Gasteiger partial charge in [-0.1, -0.05) is 11.6 Å². The summed E-state index contributed by atoms with van der Waals surface area (Å²) >= 11 is 7.35. The summed E-state index contributed by atoms with van der Waals surface area (Å²) in [6, 6.07) is 1.85. The number of aliphatic carboxylic acids is 1. The SMILES string of the molecule is C[C@@H]1CN(C(=O)CCc2cc(Cl)cs2)CC(C(=O)O)O1. The summed E-state index contributed by atoms with van der Waals surface area (Å²) in [6.07, 6.45) is -0.209. The highest BCUT2D eigenvalue weighted by molar-refractivity contribution is 7.10. The van der Waals surface area contributed by atoms with Crippen molar-refractivity contribution in [2.24, 2.45) is 0 Å². The highest BCUT2D eigenvalue weighted by Gasteiger charge is 2.32. The normalized spacial score (nSPS) is 22.8. The monoisotopic (exact) mass is 317 g/mol. The Morgan fingerprint density at radius 2 is 2.30 bits per heavy atom. The molecule has 0 bridgehead atoms. The van der Waals surface area contributed by atoms with Crippen LogP contribution in [-0.4, -0.2) is 47.2 Å². The molecule has 1 unspecified atom stereocenters. The van der Waals surface area contributed by atoms with Crippen LogP contribution in [0.5, 0.6) is 0 Å². The Balaban J connectivity index is 1.89. The van der Waals surface area contributed by atoms with Gasteiger partial charge in [0.15, 0.2) is 6.10 Å². The Labute approximate surface area is 126 Å². The number of rotatable bonds is 4. The van der Waals surface area contributed by atoms with Crippen molar-refractivity contribution in [2.45, 2.75) is 32.0 Å². The van der Waals surface area contributed by atoms with Gasteiger partial charge < -0.3 is 14.7 Å². The van der Waals surface area contributed by atoms with Crippen LogP contribution in [-0.2, 0) is 20.7 Å². The fourth-order valence-corrected chi connectivity index (χ4v) is 3.24. The third kappa shape index (κ3) is 3.94. The summed E-state index contributed by atoms with van der Waals surface area (Å²) < 4.78 is 5.29. The molecule has 110 valence electrons. The molecule has 0 aliphatic carbocycles. The van der Waals surface area contributed by atoms with Crippen LogP contribution < -0.4 is 0 Å². The molecule has 1 aliphatic heterocycles. The van der Waals surface area contributed by atoms with E-state index in [-0.39, 0.29) is 18.6 Å². The first-order valence-electron chi connectivity index (χ1n) is 6.34. The maximum atomic E-state index is 12.1. The molecule has 1 N–H and O–H groups in total. The first-order valence-corrected chi connectivity index (χ1v) is 7.60. The predicted molar refractivity (Wildman–Crippen MR) is 76.2 cm³/mol. The molecule has 1 aromatic rings. The van der Waals surface area contributed by atoms with E-state index >= 15 is 0 Å². The molecule has 1 aliphatic rings. The molecule has 0 radical (unpaired) electrons. The maximum absolute atomic E-state index is 12.1. The average Bonchev–Trinajstić information content (AvgIpc) is 2.81. The van der Waals surface area contributed by atoms with Crippen LogP contribution in [0.25, 0.3) is 0 Å². The van der Waals surface area contributed by atoms with Crippen molar-refractivity contribution in [3.63, 3.8) is 0 Å². The third-order valence-electron chi connectivity index (χ3n) is 3.10. The van der Waals surface area contributed by atoms with Gasteiger partial charge in [-0.3, -0.25) is 4.79 Å². The average molecular weight is 318 g/mol. The van der Waals surface area contributed by atoms with E-state index < -0.39 is 12.1 Å². The molecule has 20 heavy (non-hydrogen) atoms. The summed E-state index contributed by atoms with van der Waals surface area (Å²) in [6.45, 7) is 2.33. The van der Waals surface area contributed by atoms with Crippen LogP contribution in [0.2, 0.25) is 5.02 Å². The number of carbonyl (C=O) groups is 2. The number of morpholine rings is 1. The fourth-order valence-electron chi connectivity index (χ4n) is 2.16. The van der Waals surface area contributed by atoms with E-state index in [1.54, 1.807) is 11.8 Å². The van der Waals surface area contributed by atoms with Crippen molar-refractivity contribution in [1.82, 2.24) is 4.90 Å². The Morgan fingerprint density at radius 3 is 2.90 bits per heavy atom. The number of carboxylic acid groups (broad SMARTS) is 1. The van der Waals surface area contributed by atoms with Crippen LogP contribution in [0.1, 0.15) is 18.2 Å². The van der Waals surface area contributed by atoms with Crippen LogP contribution in [0.3, 0.4) is 0 Å². The molecule has 1 fully saturated rings. The lowest BCUT2D eigenvalue weighted by atomic mass is 10.2. The molecular formula is C13H16ClNO4S. The second kappa shape index (κ2) is 6.56. The van der Waals surface area contributed by atoms with Gasteiger partial charge in [0.05, 0.1) is 17.7 Å². The lowest BCUT2D eigenvalue weighted by Crippen LogP contribution is -2.51. The number of halogens is 1. The summed E-state index contributed by atoms with van der Waals surface area (Å²) in [5.41, 5.74) is 0. The number of carbonyl (C=O) groups excluding carboxylic acids is 1. The summed E-state index contributed by atoms with van der Waals surface area (Å²) in [5, 5.41) is 11.5. The van der Waals surface area contributed by atoms with E-state index in [4.69, 9.17) is 21.4 Å². The Kier molecular flexibility index (Phi) is 5.01. The van der Waals surface area contributed by atoms with Gasteiger partial charge in [-0.25, -0.2) is 4.79 Å². The molecule has 2 rings (SSSR count). The topological polar surface area (TPSA) is 66.8 Å². The molecule has 2 atom stereocenters. The molecular weight excluding hydrogens is 302 g/mol. The van der Waals surface area contributed by atoms with E-state index in [1.165, 1.54) is 11.3 Å². The maximum Gasteiger partial charge on any atom is 0.334 e. The third-order valence-corrected chi connectivity index (χ3v) is 4.44. The van der Waals surface area contributed by atoms with E-state index in [2.05, 4.69) is 0 Å². The molecule has 1 amide bonds. The predicted octanol–water partition coefficient (Wildman–Crippen LogP) is 2.03. The molecule has 1 aromatic heterocycles. The van der Waals surface area contributed by atoms with Gasteiger partial charge in [0.1, 0.15) is 0 Å². The Morgan fingerprint density at radius 1 is 1.55 bits per heavy atom. The molecule has 1 saturated heterocycles. The van der Waals surface area contributed by atoms with Crippen LogP contribution in [0.4, 0.5) is 0 Å². The van der Waals surface area contributed by atoms with E-state index in [9.17, 15) is 9.59 Å². The van der Waals surface area contributed by atoms with Gasteiger partial charge in [0, 0.05) is 23.2 Å². The molecule has 7 heteroatoms. The van der Waals surface area contributed by atoms with Crippen molar-refractivity contribution >= 4 is 34.8 Å². The second-order valence-corrected chi connectivity index (χ2v) is 6.24. The number of amides is 1. The van der Waals surface area contributed by atoms with E-state index in [1.807, 2.05) is 11.4 Å². The van der Waals surface area contributed by atoms with E-state index in [0.717, 1.165) is 4.88 Å². The lowest BCUT2D eigenvalue weighted by molar-refractivity contribution is -0.166. The van der Waals surface area contributed by atoms with Gasteiger partial charge in [-0.05, 0) is 19.4 Å².